The number of nitrogens with zero attached hydrogens (tertiary/aromatic N) is 1. The first kappa shape index (κ1) is 21.3. The van der Waals surface area contributed by atoms with Crippen LogP contribution in [0.3, 0.4) is 0 Å². The lowest BCUT2D eigenvalue weighted by Crippen LogP contribution is -2.28. The molecule has 0 spiro atoms. The predicted molar refractivity (Wildman–Crippen MR) is 119 cm³/mol. The molecule has 2 N–H and O–H groups in total. The van der Waals surface area contributed by atoms with E-state index in [0.29, 0.717) is 17.7 Å². The summed E-state index contributed by atoms with van der Waals surface area (Å²) in [6, 6.07) is 5.87. The number of fused-ring (bicyclic) bond motifs is 1. The van der Waals surface area contributed by atoms with Crippen LogP contribution in [0.2, 0.25) is 0 Å². The Balaban J connectivity index is 1.97. The van der Waals surface area contributed by atoms with Crippen molar-refractivity contribution >= 4 is 32.7 Å². The largest absolute Gasteiger partial charge is 0.383 e. The number of carbonyl (C=O) groups excluding carboxylic acids is 1. The molecule has 1 aromatic carbocycles. The predicted octanol–water partition coefficient (Wildman–Crippen LogP) is 4.15. The van der Waals surface area contributed by atoms with Crippen LogP contribution in [0.1, 0.15) is 45.7 Å². The van der Waals surface area contributed by atoms with Crippen LogP contribution in [-0.4, -0.2) is 29.2 Å². The number of amides is 1. The van der Waals surface area contributed by atoms with Crippen molar-refractivity contribution in [3.63, 3.8) is 0 Å². The minimum absolute atomic E-state index is 0.134. The third-order valence-electron chi connectivity index (χ3n) is 5.13. The highest BCUT2D eigenvalue weighted by Gasteiger charge is 2.19. The number of nitrogens with one attached hydrogen (secondary N) is 2. The van der Waals surface area contributed by atoms with Crippen molar-refractivity contribution in [2.24, 2.45) is 0 Å². The van der Waals surface area contributed by atoms with E-state index in [2.05, 4.69) is 37.7 Å². The molecule has 154 valence electrons. The molecule has 0 aliphatic rings. The number of hydrogen-bond donors (Lipinski definition) is 2. The molecule has 7 heteroatoms. The maximum Gasteiger partial charge on any atom is 0.253 e. The Hall–Kier alpha value is -2.38. The molecule has 3 rings (SSSR count). The number of aryl methyl sites for hydroxylation is 3. The van der Waals surface area contributed by atoms with Gasteiger partial charge in [0.05, 0.1) is 23.7 Å². The zero-order valence-corrected chi connectivity index (χ0v) is 18.9. The highest BCUT2D eigenvalue weighted by molar-refractivity contribution is 9.10. The van der Waals surface area contributed by atoms with Crippen molar-refractivity contribution < 1.29 is 9.53 Å². The van der Waals surface area contributed by atoms with Crippen LogP contribution in [0.5, 0.6) is 0 Å². The molecule has 29 heavy (non-hydrogen) atoms. The van der Waals surface area contributed by atoms with Gasteiger partial charge in [-0.25, -0.2) is 0 Å². The lowest BCUT2D eigenvalue weighted by atomic mass is 10.1. The Morgan fingerprint density at radius 2 is 1.97 bits per heavy atom. The maximum atomic E-state index is 13.1. The number of benzene rings is 1. The molecule has 0 aliphatic heterocycles. The summed E-state index contributed by atoms with van der Waals surface area (Å²) in [5, 5.41) is 3.82. The van der Waals surface area contributed by atoms with E-state index in [1.807, 2.05) is 45.2 Å². The summed E-state index contributed by atoms with van der Waals surface area (Å²) in [5.41, 5.74) is 4.63. The van der Waals surface area contributed by atoms with Gasteiger partial charge in [0.25, 0.3) is 11.5 Å². The average molecular weight is 460 g/mol. The van der Waals surface area contributed by atoms with Gasteiger partial charge in [-0.15, -0.1) is 0 Å². The smallest absolute Gasteiger partial charge is 0.253 e. The van der Waals surface area contributed by atoms with Crippen molar-refractivity contribution in [1.29, 1.82) is 0 Å². The van der Waals surface area contributed by atoms with E-state index in [4.69, 9.17) is 4.74 Å². The summed E-state index contributed by atoms with van der Waals surface area (Å²) in [6.07, 6.45) is 2.05. The second kappa shape index (κ2) is 8.55. The summed E-state index contributed by atoms with van der Waals surface area (Å²) < 4.78 is 8.25. The molecule has 0 fully saturated rings. The molecular weight excluding hydrogens is 434 g/mol. The van der Waals surface area contributed by atoms with Crippen molar-refractivity contribution in [1.82, 2.24) is 14.9 Å². The number of H-pyrrole nitrogens is 1. The van der Waals surface area contributed by atoms with Crippen LogP contribution in [0.4, 0.5) is 0 Å². The number of hydrogen-bond acceptors (Lipinski definition) is 3. The fourth-order valence-corrected chi connectivity index (χ4v) is 4.23. The van der Waals surface area contributed by atoms with Crippen LogP contribution >= 0.6 is 15.9 Å². The number of rotatable bonds is 6. The molecule has 1 amide bonds. The van der Waals surface area contributed by atoms with Crippen LogP contribution in [0.25, 0.3) is 10.9 Å². The maximum absolute atomic E-state index is 13.1. The Kier molecular flexibility index (Phi) is 6.29. The van der Waals surface area contributed by atoms with Crippen molar-refractivity contribution in [3.8, 4) is 0 Å². The lowest BCUT2D eigenvalue weighted by Gasteiger charge is -2.15. The van der Waals surface area contributed by atoms with Gasteiger partial charge in [0.15, 0.2) is 0 Å². The third kappa shape index (κ3) is 4.31. The number of halogens is 1. The van der Waals surface area contributed by atoms with Gasteiger partial charge < -0.3 is 19.6 Å². The Morgan fingerprint density at radius 1 is 1.24 bits per heavy atom. The molecule has 3 aromatic rings. The van der Waals surface area contributed by atoms with Gasteiger partial charge in [-0.2, -0.15) is 0 Å². The summed E-state index contributed by atoms with van der Waals surface area (Å²) in [7, 11) is 1.68. The highest BCUT2D eigenvalue weighted by atomic mass is 79.9. The Morgan fingerprint density at radius 3 is 2.62 bits per heavy atom. The molecule has 0 aliphatic carbocycles. The quantitative estimate of drug-likeness (QED) is 0.580. The standard InChI is InChI=1S/C22H26BrN3O3/c1-12-6-14(3)25-22(28)18(12)9-24-21(27)17-7-16(23)8-19-20(17)13(2)10-26(19)15(4)11-29-5/h6-8,10,15H,9,11H2,1-5H3,(H,24,27)(H,25,28). The number of aromatic nitrogens is 2. The van der Waals surface area contributed by atoms with E-state index in [0.717, 1.165) is 32.2 Å². The molecular formula is C22H26BrN3O3. The van der Waals surface area contributed by atoms with Gasteiger partial charge in [-0.3, -0.25) is 9.59 Å². The fraction of sp³-hybridized carbons (Fsp3) is 0.364. The summed E-state index contributed by atoms with van der Waals surface area (Å²) in [5.74, 6) is -0.212. The number of methoxy groups -OCH3 is 1. The third-order valence-corrected chi connectivity index (χ3v) is 5.59. The molecule has 2 heterocycles. The van der Waals surface area contributed by atoms with Gasteiger partial charge in [-0.05, 0) is 57.0 Å². The summed E-state index contributed by atoms with van der Waals surface area (Å²) >= 11 is 3.53. The molecule has 1 unspecified atom stereocenters. The SMILES string of the molecule is COCC(C)n1cc(C)c2c(C(=O)NCc3c(C)cc(C)[nH]c3=O)cc(Br)cc21. The van der Waals surface area contributed by atoms with Crippen LogP contribution in [0.15, 0.2) is 33.7 Å². The zero-order valence-electron chi connectivity index (χ0n) is 17.4. The first-order valence-electron chi connectivity index (χ1n) is 9.50. The molecule has 0 bridgehead atoms. The number of carbonyl (C=O) groups is 1. The van der Waals surface area contributed by atoms with Crippen molar-refractivity contribution in [2.75, 3.05) is 13.7 Å². The Bertz CT molecular complexity index is 1130. The molecule has 0 saturated heterocycles. The van der Waals surface area contributed by atoms with Crippen molar-refractivity contribution in [3.05, 3.63) is 67.2 Å². The molecule has 6 nitrogen and oxygen atoms in total. The highest BCUT2D eigenvalue weighted by Crippen LogP contribution is 2.31. The van der Waals surface area contributed by atoms with Crippen molar-refractivity contribution in [2.45, 2.75) is 40.3 Å². The van der Waals surface area contributed by atoms with E-state index in [1.54, 1.807) is 7.11 Å². The van der Waals surface area contributed by atoms with Gasteiger partial charge >= 0.3 is 0 Å². The minimum atomic E-state index is -0.212. The number of aromatic amines is 1. The van der Waals surface area contributed by atoms with Gasteiger partial charge in [0.2, 0.25) is 0 Å². The van der Waals surface area contributed by atoms with E-state index < -0.39 is 0 Å². The second-order valence-corrected chi connectivity index (χ2v) is 8.41. The first-order valence-corrected chi connectivity index (χ1v) is 10.3. The molecule has 1 atom stereocenters. The topological polar surface area (TPSA) is 76.1 Å². The van der Waals surface area contributed by atoms with E-state index >= 15 is 0 Å². The molecule has 0 saturated carbocycles. The number of pyridine rings is 1. The van der Waals surface area contributed by atoms with E-state index in [1.165, 1.54) is 0 Å². The van der Waals surface area contributed by atoms with Crippen LogP contribution in [-0.2, 0) is 11.3 Å². The van der Waals surface area contributed by atoms with Gasteiger partial charge in [0.1, 0.15) is 0 Å². The summed E-state index contributed by atoms with van der Waals surface area (Å²) in [6.45, 7) is 8.55. The lowest BCUT2D eigenvalue weighted by molar-refractivity contribution is 0.0952. The van der Waals surface area contributed by atoms with Crippen LogP contribution < -0.4 is 10.9 Å². The Labute approximate surface area is 178 Å². The zero-order chi connectivity index (χ0) is 21.3. The summed E-state index contributed by atoms with van der Waals surface area (Å²) in [4.78, 5) is 28.1. The molecule has 0 radical (unpaired) electrons. The van der Waals surface area contributed by atoms with E-state index in [-0.39, 0.29) is 24.1 Å². The normalized spacial score (nSPS) is 12.3. The molecule has 2 aromatic heterocycles. The van der Waals surface area contributed by atoms with Gasteiger partial charge in [0, 0.05) is 41.0 Å². The number of ether oxygens (including phenoxy) is 1. The second-order valence-electron chi connectivity index (χ2n) is 7.50. The minimum Gasteiger partial charge on any atom is -0.383 e. The van der Waals surface area contributed by atoms with Crippen LogP contribution in [0, 0.1) is 20.8 Å². The van der Waals surface area contributed by atoms with E-state index in [9.17, 15) is 9.59 Å². The fourth-order valence-electron chi connectivity index (χ4n) is 3.78. The first-order chi connectivity index (χ1) is 13.7. The van der Waals surface area contributed by atoms with Gasteiger partial charge in [-0.1, -0.05) is 15.9 Å². The average Bonchev–Trinajstić information content (AvgIpc) is 2.96. The monoisotopic (exact) mass is 459 g/mol.